The van der Waals surface area contributed by atoms with E-state index in [0.717, 1.165) is 0 Å². The second-order valence-corrected chi connectivity index (χ2v) is 13.7. The monoisotopic (exact) mass is 787 g/mol. The van der Waals surface area contributed by atoms with Crippen molar-refractivity contribution in [2.45, 2.75) is 45.8 Å². The molecular weight excluding hydrogens is 756 g/mol. The molecule has 4 rings (SSSR count). The van der Waals surface area contributed by atoms with Gasteiger partial charge in [0.25, 0.3) is 0 Å². The van der Waals surface area contributed by atoms with E-state index in [0.29, 0.717) is 22.8 Å². The minimum Gasteiger partial charge on any atom is -0.774 e. The largest absolute Gasteiger partial charge is 1.00 e. The van der Waals surface area contributed by atoms with Gasteiger partial charge >= 0.3 is 118 Å². The maximum atomic E-state index is 12.4. The van der Waals surface area contributed by atoms with Crippen molar-refractivity contribution in [1.29, 1.82) is 0 Å². The number of nitrogens with zero attached hydrogens (tertiary/aromatic N) is 5. The van der Waals surface area contributed by atoms with E-state index in [1.165, 1.54) is 43.0 Å². The Morgan fingerprint density at radius 2 is 1.02 bits per heavy atom. The van der Waals surface area contributed by atoms with Gasteiger partial charge in [0.05, 0.1) is 59.4 Å². The Hall–Kier alpha value is -0.200. The minimum absolute atomic E-state index is 0. The number of pyridine rings is 4. The van der Waals surface area contributed by atoms with Crippen molar-refractivity contribution in [3.63, 3.8) is 0 Å². The number of carbonyl (C=O) groups is 2. The number of hydrogen-bond acceptors (Lipinski definition) is 15. The molecule has 4 heterocycles. The third kappa shape index (κ3) is 15.0. The molecule has 3 unspecified atom stereocenters. The molecule has 0 saturated carbocycles. The van der Waals surface area contributed by atoms with Gasteiger partial charge in [-0.2, -0.15) is 0 Å². The standard InChI is InChI=1S/C31H35N5O10P2.4Na/c1-3-45-47(41,42)28-15-7-13-25(34-28)23-11-5-9-21(32-23)19-36(27(31(39)40)17-18-30(37)38)20-22-10-6-12-24(33-22)26-14-8-16-29(35-26)48(43,44)46-4-2;;;;/h5-16,27H,3-4,17-20H2,1-2H3,(H,37,38)(H,39,40)(H,41,42)(H,43,44);;;;/q;4*+1/p-4. The molecule has 3 atom stereocenters. The molecule has 0 saturated heterocycles. The first-order chi connectivity index (χ1) is 22.8. The van der Waals surface area contributed by atoms with Gasteiger partial charge in [-0.05, 0) is 75.2 Å². The number of carboxylic acid groups (broad SMARTS) is 2. The number of carbonyl (C=O) groups excluding carboxylic acids is 2. The Bertz CT molecular complexity index is 1770. The molecule has 0 N–H and O–H groups in total. The molecule has 0 fully saturated rings. The summed E-state index contributed by atoms with van der Waals surface area (Å²) in [7, 11) is -8.83. The molecule has 0 aliphatic rings. The molecule has 15 nitrogen and oxygen atoms in total. The van der Waals surface area contributed by atoms with E-state index >= 15 is 0 Å². The van der Waals surface area contributed by atoms with Crippen molar-refractivity contribution in [2.24, 2.45) is 0 Å². The normalized spacial score (nSPS) is 13.5. The summed E-state index contributed by atoms with van der Waals surface area (Å²) in [6, 6.07) is 17.0. The second-order valence-electron chi connectivity index (χ2n) is 10.3. The number of carboxylic acids is 2. The van der Waals surface area contributed by atoms with Gasteiger partial charge in [-0.25, -0.2) is 19.9 Å². The molecule has 0 amide bonds. The second kappa shape index (κ2) is 24.4. The maximum Gasteiger partial charge on any atom is 1.00 e. The average Bonchev–Trinajstić information content (AvgIpc) is 3.05. The fourth-order valence-corrected chi connectivity index (χ4v) is 6.67. The van der Waals surface area contributed by atoms with Crippen LogP contribution in [-0.4, -0.2) is 56.0 Å². The van der Waals surface area contributed by atoms with Crippen molar-refractivity contribution in [3.05, 3.63) is 84.2 Å². The predicted octanol–water partition coefficient (Wildman–Crippen LogP) is -12.3. The number of hydrogen-bond donors (Lipinski definition) is 0. The summed E-state index contributed by atoms with van der Waals surface area (Å²) in [5.41, 5.74) is 1.17. The third-order valence-electron chi connectivity index (χ3n) is 6.83. The number of aliphatic carboxylic acids is 2. The number of aromatic nitrogens is 4. The zero-order chi connectivity index (χ0) is 34.9. The Morgan fingerprint density at radius 1 is 0.654 bits per heavy atom. The van der Waals surface area contributed by atoms with E-state index in [1.54, 1.807) is 48.5 Å². The first-order valence-electron chi connectivity index (χ1n) is 14.8. The van der Waals surface area contributed by atoms with Crippen LogP contribution in [0.2, 0.25) is 0 Å². The van der Waals surface area contributed by atoms with E-state index in [2.05, 4.69) is 19.9 Å². The predicted molar refractivity (Wildman–Crippen MR) is 165 cm³/mol. The van der Waals surface area contributed by atoms with Crippen LogP contribution in [0.15, 0.2) is 72.8 Å². The molecule has 0 aliphatic heterocycles. The fourth-order valence-electron chi connectivity index (χ4n) is 4.73. The summed E-state index contributed by atoms with van der Waals surface area (Å²) in [6.07, 6.45) is -0.905. The summed E-state index contributed by atoms with van der Waals surface area (Å²) < 4.78 is 34.5. The van der Waals surface area contributed by atoms with Crippen LogP contribution in [0.25, 0.3) is 22.8 Å². The molecule has 21 heteroatoms. The van der Waals surface area contributed by atoms with Gasteiger partial charge in [0, 0.05) is 19.1 Å². The third-order valence-corrected chi connectivity index (χ3v) is 9.65. The molecule has 4 aromatic heterocycles. The van der Waals surface area contributed by atoms with Crippen molar-refractivity contribution in [3.8, 4) is 22.8 Å². The first-order valence-corrected chi connectivity index (χ1v) is 17.8. The number of rotatable bonds is 17. The Kier molecular flexibility index (Phi) is 24.3. The molecule has 0 aromatic carbocycles. The fraction of sp³-hybridized carbons (Fsp3) is 0.290. The average molecular weight is 788 g/mol. The summed E-state index contributed by atoms with van der Waals surface area (Å²) in [5, 5.41) is 23.6. The van der Waals surface area contributed by atoms with Crippen LogP contribution in [-0.2, 0) is 40.9 Å². The van der Waals surface area contributed by atoms with Crippen molar-refractivity contribution in [2.75, 3.05) is 13.2 Å². The van der Waals surface area contributed by atoms with Crippen molar-refractivity contribution < 1.29 is 166 Å². The molecule has 52 heavy (non-hydrogen) atoms. The van der Waals surface area contributed by atoms with Crippen molar-refractivity contribution in [1.82, 2.24) is 24.8 Å². The SMILES string of the molecule is CCOP(=O)([O-])c1cccc(-c2cccc(CN(Cc3cccc(-c4cccc(P(=O)([O-])OCC)n4)n3)C(CCC(=O)[O-])C(=O)[O-])n2)n1.[Na+].[Na+].[Na+].[Na+]. The van der Waals surface area contributed by atoms with E-state index < -0.39 is 39.6 Å². The van der Waals surface area contributed by atoms with Gasteiger partial charge in [0.2, 0.25) is 0 Å². The zero-order valence-corrected chi connectivity index (χ0v) is 39.8. The Morgan fingerprint density at radius 3 is 1.37 bits per heavy atom. The van der Waals surface area contributed by atoms with Gasteiger partial charge in [-0.1, -0.05) is 24.3 Å². The zero-order valence-electron chi connectivity index (χ0n) is 30.0. The van der Waals surface area contributed by atoms with Crippen molar-refractivity contribution >= 4 is 38.0 Å². The molecule has 4 aromatic rings. The summed E-state index contributed by atoms with van der Waals surface area (Å²) in [5.74, 6) is -2.97. The van der Waals surface area contributed by atoms with E-state index in [9.17, 15) is 38.7 Å². The van der Waals surface area contributed by atoms with Crippen LogP contribution in [0.5, 0.6) is 0 Å². The van der Waals surface area contributed by atoms with Crippen LogP contribution in [0.1, 0.15) is 38.1 Å². The molecular formula is C31H31N5Na4O10P2. The summed E-state index contributed by atoms with van der Waals surface area (Å²) in [6.45, 7) is 2.70. The van der Waals surface area contributed by atoms with Crippen LogP contribution >= 0.6 is 15.2 Å². The van der Waals surface area contributed by atoms with Gasteiger partial charge in [-0.15, -0.1) is 0 Å². The van der Waals surface area contributed by atoms with Gasteiger partial charge in [0.15, 0.2) is 15.2 Å². The summed E-state index contributed by atoms with van der Waals surface area (Å²) in [4.78, 5) is 67.4. The molecule has 0 radical (unpaired) electrons. The van der Waals surface area contributed by atoms with Crippen LogP contribution in [0.3, 0.4) is 0 Å². The molecule has 0 spiro atoms. The van der Waals surface area contributed by atoms with Gasteiger partial charge in [-0.3, -0.25) is 4.90 Å². The molecule has 0 aliphatic carbocycles. The Labute approximate surface area is 390 Å². The van der Waals surface area contributed by atoms with E-state index in [-0.39, 0.29) is 173 Å². The van der Waals surface area contributed by atoms with Crippen LogP contribution in [0, 0.1) is 0 Å². The van der Waals surface area contributed by atoms with Crippen LogP contribution < -0.4 is 149 Å². The Balaban J connectivity index is 0.00000650. The first kappa shape index (κ1) is 51.8. The smallest absolute Gasteiger partial charge is 0.774 e. The maximum absolute atomic E-state index is 12.4. The van der Waals surface area contributed by atoms with E-state index in [4.69, 9.17) is 9.05 Å². The van der Waals surface area contributed by atoms with Gasteiger partial charge in [0.1, 0.15) is 10.9 Å². The quantitative estimate of drug-likeness (QED) is 0.0714. The topological polar surface area (TPSA) is 234 Å². The van der Waals surface area contributed by atoms with Gasteiger partial charge < -0.3 is 47.8 Å². The molecule has 0 bridgehead atoms. The molecule has 254 valence electrons. The summed E-state index contributed by atoms with van der Waals surface area (Å²) >= 11 is 0. The van der Waals surface area contributed by atoms with E-state index in [1.807, 2.05) is 0 Å². The van der Waals surface area contributed by atoms with Crippen LogP contribution in [0.4, 0.5) is 0 Å². The minimum atomic E-state index is -4.42.